The van der Waals surface area contributed by atoms with Gasteiger partial charge in [0.25, 0.3) is 0 Å². The van der Waals surface area contributed by atoms with Crippen LogP contribution in [-0.2, 0) is 6.42 Å². The zero-order chi connectivity index (χ0) is 11.7. The highest BCUT2D eigenvalue weighted by Crippen LogP contribution is 2.24. The summed E-state index contributed by atoms with van der Waals surface area (Å²) < 4.78 is 2.16. The zero-order valence-electron chi connectivity index (χ0n) is 10.4. The van der Waals surface area contributed by atoms with E-state index in [4.69, 9.17) is 5.11 Å². The molecular formula is C12H21N3O. The van der Waals surface area contributed by atoms with E-state index in [1.54, 1.807) is 0 Å². The standard InChI is InChI=1S/C12H21N3O/c1-9-12(5-7-16)10(2)15(13-9)11-4-6-14(3)8-11/h11,16H,4-8H2,1-3H3. The second kappa shape index (κ2) is 4.55. The van der Waals surface area contributed by atoms with E-state index in [0.717, 1.165) is 25.2 Å². The Morgan fingerprint density at radius 1 is 1.44 bits per heavy atom. The molecule has 16 heavy (non-hydrogen) atoms. The van der Waals surface area contributed by atoms with E-state index in [-0.39, 0.29) is 6.61 Å². The van der Waals surface area contributed by atoms with Gasteiger partial charge in [0.15, 0.2) is 0 Å². The minimum absolute atomic E-state index is 0.206. The van der Waals surface area contributed by atoms with E-state index in [2.05, 4.69) is 28.7 Å². The first-order valence-corrected chi connectivity index (χ1v) is 5.97. The van der Waals surface area contributed by atoms with Gasteiger partial charge in [0.1, 0.15) is 0 Å². The smallest absolute Gasteiger partial charge is 0.0661 e. The summed E-state index contributed by atoms with van der Waals surface area (Å²) in [6.07, 6.45) is 1.90. The van der Waals surface area contributed by atoms with Crippen molar-refractivity contribution in [2.45, 2.75) is 32.7 Å². The molecule has 1 aromatic heterocycles. The summed E-state index contributed by atoms with van der Waals surface area (Å²) >= 11 is 0. The van der Waals surface area contributed by atoms with Crippen LogP contribution in [0.4, 0.5) is 0 Å². The Kier molecular flexibility index (Phi) is 3.30. The summed E-state index contributed by atoms with van der Waals surface area (Å²) in [5, 5.41) is 13.7. The Hall–Kier alpha value is -0.870. The van der Waals surface area contributed by atoms with E-state index in [1.807, 2.05) is 6.92 Å². The number of likely N-dealkylation sites (N-methyl/N-ethyl adjacent to an activating group) is 1. The maximum atomic E-state index is 9.04. The Balaban J connectivity index is 2.25. The fourth-order valence-electron chi connectivity index (χ4n) is 2.64. The summed E-state index contributed by atoms with van der Waals surface area (Å²) in [4.78, 5) is 2.34. The molecular weight excluding hydrogens is 202 g/mol. The lowest BCUT2D eigenvalue weighted by Crippen LogP contribution is -2.18. The summed E-state index contributed by atoms with van der Waals surface area (Å²) in [6.45, 7) is 6.59. The normalized spacial score (nSPS) is 21.9. The first-order valence-electron chi connectivity index (χ1n) is 5.97. The maximum Gasteiger partial charge on any atom is 0.0661 e. The van der Waals surface area contributed by atoms with Gasteiger partial charge in [-0.25, -0.2) is 0 Å². The molecule has 1 atom stereocenters. The molecule has 4 nitrogen and oxygen atoms in total. The molecule has 1 saturated heterocycles. The number of hydrogen-bond acceptors (Lipinski definition) is 3. The van der Waals surface area contributed by atoms with Crippen LogP contribution >= 0.6 is 0 Å². The molecule has 0 aromatic carbocycles. The van der Waals surface area contributed by atoms with Crippen LogP contribution < -0.4 is 0 Å². The van der Waals surface area contributed by atoms with Gasteiger partial charge in [-0.1, -0.05) is 0 Å². The molecule has 1 N–H and O–H groups in total. The van der Waals surface area contributed by atoms with Crippen molar-refractivity contribution < 1.29 is 5.11 Å². The quantitative estimate of drug-likeness (QED) is 0.828. The van der Waals surface area contributed by atoms with Crippen molar-refractivity contribution in [3.8, 4) is 0 Å². The summed E-state index contributed by atoms with van der Waals surface area (Å²) in [6, 6.07) is 0.510. The van der Waals surface area contributed by atoms with E-state index < -0.39 is 0 Å². The van der Waals surface area contributed by atoms with Gasteiger partial charge in [0, 0.05) is 18.8 Å². The van der Waals surface area contributed by atoms with Gasteiger partial charge in [0.05, 0.1) is 11.7 Å². The van der Waals surface area contributed by atoms with Gasteiger partial charge in [0.2, 0.25) is 0 Å². The van der Waals surface area contributed by atoms with Crippen molar-refractivity contribution in [1.82, 2.24) is 14.7 Å². The highest BCUT2D eigenvalue weighted by atomic mass is 16.2. The molecule has 2 rings (SSSR count). The van der Waals surface area contributed by atoms with Crippen LogP contribution in [0.2, 0.25) is 0 Å². The van der Waals surface area contributed by atoms with Crippen LogP contribution in [0.1, 0.15) is 29.4 Å². The molecule has 1 aliphatic heterocycles. The molecule has 0 amide bonds. The first-order chi connectivity index (χ1) is 7.63. The lowest BCUT2D eigenvalue weighted by atomic mass is 10.1. The molecule has 90 valence electrons. The highest BCUT2D eigenvalue weighted by molar-refractivity contribution is 5.25. The van der Waals surface area contributed by atoms with Gasteiger partial charge in [-0.2, -0.15) is 5.10 Å². The van der Waals surface area contributed by atoms with E-state index in [1.165, 1.54) is 17.7 Å². The molecule has 0 bridgehead atoms. The Morgan fingerprint density at radius 2 is 2.19 bits per heavy atom. The molecule has 2 heterocycles. The summed E-state index contributed by atoms with van der Waals surface area (Å²) in [7, 11) is 2.15. The van der Waals surface area contributed by atoms with Crippen molar-refractivity contribution in [1.29, 1.82) is 0 Å². The number of aromatic nitrogens is 2. The Morgan fingerprint density at radius 3 is 2.75 bits per heavy atom. The van der Waals surface area contributed by atoms with Crippen molar-refractivity contribution in [3.63, 3.8) is 0 Å². The topological polar surface area (TPSA) is 41.3 Å². The minimum atomic E-state index is 0.206. The number of aliphatic hydroxyl groups is 1. The van der Waals surface area contributed by atoms with Crippen LogP contribution in [0.5, 0.6) is 0 Å². The average molecular weight is 223 g/mol. The molecule has 0 spiro atoms. The molecule has 0 saturated carbocycles. The summed E-state index contributed by atoms with van der Waals surface area (Å²) in [5.74, 6) is 0. The number of aryl methyl sites for hydroxylation is 1. The minimum Gasteiger partial charge on any atom is -0.396 e. The second-order valence-corrected chi connectivity index (χ2v) is 4.77. The molecule has 0 radical (unpaired) electrons. The fourth-order valence-corrected chi connectivity index (χ4v) is 2.64. The Labute approximate surface area is 96.9 Å². The monoisotopic (exact) mass is 223 g/mol. The first kappa shape index (κ1) is 11.6. The molecule has 0 aliphatic carbocycles. The van der Waals surface area contributed by atoms with E-state index >= 15 is 0 Å². The highest BCUT2D eigenvalue weighted by Gasteiger charge is 2.24. The SMILES string of the molecule is Cc1nn(C2CCN(C)C2)c(C)c1CCO. The number of aliphatic hydroxyl groups excluding tert-OH is 1. The van der Waals surface area contributed by atoms with Gasteiger partial charge in [-0.3, -0.25) is 4.68 Å². The van der Waals surface area contributed by atoms with Crippen LogP contribution in [0.3, 0.4) is 0 Å². The van der Waals surface area contributed by atoms with Crippen molar-refractivity contribution in [2.75, 3.05) is 26.7 Å². The maximum absolute atomic E-state index is 9.04. The number of nitrogens with zero attached hydrogens (tertiary/aromatic N) is 3. The Bertz CT molecular complexity index is 373. The fraction of sp³-hybridized carbons (Fsp3) is 0.750. The second-order valence-electron chi connectivity index (χ2n) is 4.77. The van der Waals surface area contributed by atoms with E-state index in [0.29, 0.717) is 6.04 Å². The predicted octanol–water partition coefficient (Wildman–Crippen LogP) is 0.911. The van der Waals surface area contributed by atoms with Crippen LogP contribution in [0.25, 0.3) is 0 Å². The zero-order valence-corrected chi connectivity index (χ0v) is 10.4. The van der Waals surface area contributed by atoms with Gasteiger partial charge in [-0.15, -0.1) is 0 Å². The van der Waals surface area contributed by atoms with Crippen LogP contribution in [0, 0.1) is 13.8 Å². The van der Waals surface area contributed by atoms with Gasteiger partial charge >= 0.3 is 0 Å². The number of hydrogen-bond donors (Lipinski definition) is 1. The van der Waals surface area contributed by atoms with Crippen molar-refractivity contribution in [2.24, 2.45) is 0 Å². The molecule has 1 unspecified atom stereocenters. The van der Waals surface area contributed by atoms with Gasteiger partial charge < -0.3 is 10.0 Å². The largest absolute Gasteiger partial charge is 0.396 e. The van der Waals surface area contributed by atoms with Gasteiger partial charge in [-0.05, 0) is 45.8 Å². The molecule has 4 heteroatoms. The van der Waals surface area contributed by atoms with Crippen molar-refractivity contribution >= 4 is 0 Å². The third kappa shape index (κ3) is 1.99. The number of rotatable bonds is 3. The molecule has 1 aliphatic rings. The van der Waals surface area contributed by atoms with E-state index in [9.17, 15) is 0 Å². The third-order valence-corrected chi connectivity index (χ3v) is 3.55. The van der Waals surface area contributed by atoms with Crippen LogP contribution in [-0.4, -0.2) is 46.5 Å². The third-order valence-electron chi connectivity index (χ3n) is 3.55. The lowest BCUT2D eigenvalue weighted by molar-refractivity contribution is 0.299. The molecule has 1 aromatic rings. The molecule has 1 fully saturated rings. The number of likely N-dealkylation sites (tertiary alicyclic amines) is 1. The average Bonchev–Trinajstić information content (AvgIpc) is 2.77. The summed E-state index contributed by atoms with van der Waals surface area (Å²) in [5.41, 5.74) is 3.52. The van der Waals surface area contributed by atoms with Crippen LogP contribution in [0.15, 0.2) is 0 Å². The van der Waals surface area contributed by atoms with Crippen molar-refractivity contribution in [3.05, 3.63) is 17.0 Å². The lowest BCUT2D eigenvalue weighted by Gasteiger charge is -2.13. The predicted molar refractivity (Wildman–Crippen MR) is 63.6 cm³/mol.